The molecular formula is C17H20S. The Morgan fingerprint density at radius 2 is 1.83 bits per heavy atom. The summed E-state index contributed by atoms with van der Waals surface area (Å²) >= 11 is 0. The largest absolute Gasteiger partial charge is 0.184 e. The molecule has 94 valence electrons. The lowest BCUT2D eigenvalue weighted by Gasteiger charge is -2.17. The minimum absolute atomic E-state index is 0.254. The van der Waals surface area contributed by atoms with Crippen LogP contribution in [0.1, 0.15) is 12.5 Å². The molecule has 0 N–H and O–H groups in total. The van der Waals surface area contributed by atoms with Crippen LogP contribution in [-0.2, 0) is 0 Å². The second-order valence-corrected chi connectivity index (χ2v) is 6.95. The third-order valence-corrected chi connectivity index (χ3v) is 4.50. The highest BCUT2D eigenvalue weighted by Crippen LogP contribution is 2.23. The Balaban J connectivity index is 2.99. The van der Waals surface area contributed by atoms with Crippen LogP contribution in [0.25, 0.3) is 12.2 Å². The molecule has 0 amide bonds. The third kappa shape index (κ3) is 2.28. The van der Waals surface area contributed by atoms with Crippen molar-refractivity contribution in [2.75, 3.05) is 12.5 Å². The molecule has 0 atom stereocenters. The molecule has 1 aromatic rings. The van der Waals surface area contributed by atoms with E-state index in [2.05, 4.69) is 69.4 Å². The molecule has 0 aliphatic heterocycles. The molecule has 2 rings (SSSR count). The number of allylic oxidation sites excluding steroid dienone is 4. The van der Waals surface area contributed by atoms with Crippen LogP contribution in [0.15, 0.2) is 42.0 Å². The van der Waals surface area contributed by atoms with Gasteiger partial charge in [-0.05, 0) is 59.6 Å². The van der Waals surface area contributed by atoms with E-state index in [0.29, 0.717) is 0 Å². The van der Waals surface area contributed by atoms with Gasteiger partial charge in [-0.1, -0.05) is 36.9 Å². The van der Waals surface area contributed by atoms with Crippen LogP contribution in [0.5, 0.6) is 0 Å². The summed E-state index contributed by atoms with van der Waals surface area (Å²) in [6.07, 6.45) is 11.1. The van der Waals surface area contributed by atoms with E-state index in [1.165, 1.54) is 26.8 Å². The topological polar surface area (TPSA) is 0 Å². The van der Waals surface area contributed by atoms with E-state index in [1.54, 1.807) is 0 Å². The van der Waals surface area contributed by atoms with Gasteiger partial charge in [0.25, 0.3) is 0 Å². The van der Waals surface area contributed by atoms with Crippen molar-refractivity contribution in [3.05, 3.63) is 58.0 Å². The SMILES string of the molecule is C=c1cccc(C)/c1=C1\C(C)=CC=CC1=S(C)C. The quantitative estimate of drug-likeness (QED) is 0.626. The van der Waals surface area contributed by atoms with Crippen LogP contribution in [-0.4, -0.2) is 17.4 Å². The highest BCUT2D eigenvalue weighted by molar-refractivity contribution is 8.15. The van der Waals surface area contributed by atoms with Crippen molar-refractivity contribution >= 4 is 27.5 Å². The van der Waals surface area contributed by atoms with Gasteiger partial charge >= 0.3 is 0 Å². The zero-order chi connectivity index (χ0) is 13.3. The smallest absolute Gasteiger partial charge is 0.00550 e. The van der Waals surface area contributed by atoms with E-state index >= 15 is 0 Å². The summed E-state index contributed by atoms with van der Waals surface area (Å²) in [4.78, 5) is 1.44. The summed E-state index contributed by atoms with van der Waals surface area (Å²) in [6, 6.07) is 6.35. The first-order valence-electron chi connectivity index (χ1n) is 6.11. The molecule has 1 heteroatoms. The van der Waals surface area contributed by atoms with Gasteiger partial charge in [0.1, 0.15) is 0 Å². The fourth-order valence-electron chi connectivity index (χ4n) is 2.39. The minimum atomic E-state index is 0.254. The van der Waals surface area contributed by atoms with Gasteiger partial charge in [0, 0.05) is 4.86 Å². The first-order valence-corrected chi connectivity index (χ1v) is 8.15. The number of benzene rings is 1. The van der Waals surface area contributed by atoms with Gasteiger partial charge in [0.2, 0.25) is 0 Å². The van der Waals surface area contributed by atoms with Crippen LogP contribution in [0.3, 0.4) is 0 Å². The molecule has 0 heterocycles. The molecule has 18 heavy (non-hydrogen) atoms. The Morgan fingerprint density at radius 1 is 1.11 bits per heavy atom. The maximum Gasteiger partial charge on any atom is 0.00550 e. The van der Waals surface area contributed by atoms with Gasteiger partial charge in [0.15, 0.2) is 0 Å². The van der Waals surface area contributed by atoms with Gasteiger partial charge in [-0.15, -0.1) is 0 Å². The number of hydrogen-bond acceptors (Lipinski definition) is 0. The lowest BCUT2D eigenvalue weighted by Crippen LogP contribution is -2.31. The average Bonchev–Trinajstić information content (AvgIpc) is 2.30. The van der Waals surface area contributed by atoms with E-state index in [0.717, 1.165) is 5.22 Å². The van der Waals surface area contributed by atoms with Gasteiger partial charge in [-0.25, -0.2) is 0 Å². The maximum absolute atomic E-state index is 4.20. The van der Waals surface area contributed by atoms with E-state index in [1.807, 2.05) is 0 Å². The monoisotopic (exact) mass is 256 g/mol. The molecule has 1 aliphatic carbocycles. The summed E-state index contributed by atoms with van der Waals surface area (Å²) in [7, 11) is 0.254. The second kappa shape index (κ2) is 5.11. The Labute approximate surface area is 112 Å². The molecule has 0 radical (unpaired) electrons. The first-order chi connectivity index (χ1) is 8.52. The van der Waals surface area contributed by atoms with Crippen molar-refractivity contribution in [1.29, 1.82) is 0 Å². The summed E-state index contributed by atoms with van der Waals surface area (Å²) in [5.41, 5.74) is 4.03. The van der Waals surface area contributed by atoms with Crippen molar-refractivity contribution in [3.63, 3.8) is 0 Å². The molecule has 0 fully saturated rings. The first kappa shape index (κ1) is 13.1. The molecule has 0 saturated heterocycles. The third-order valence-electron chi connectivity index (χ3n) is 3.28. The van der Waals surface area contributed by atoms with Crippen LogP contribution in [0, 0.1) is 6.92 Å². The molecule has 0 unspecified atom stereocenters. The van der Waals surface area contributed by atoms with Gasteiger partial charge < -0.3 is 0 Å². The Bertz CT molecular complexity index is 681. The van der Waals surface area contributed by atoms with Gasteiger partial charge in [0.05, 0.1) is 0 Å². The van der Waals surface area contributed by atoms with E-state index in [-0.39, 0.29) is 10.5 Å². The zero-order valence-electron chi connectivity index (χ0n) is 11.6. The van der Waals surface area contributed by atoms with Crippen molar-refractivity contribution in [2.24, 2.45) is 0 Å². The predicted octanol–water partition coefficient (Wildman–Crippen LogP) is 2.77. The summed E-state index contributed by atoms with van der Waals surface area (Å²) in [5, 5.41) is 2.43. The molecule has 1 aromatic carbocycles. The summed E-state index contributed by atoms with van der Waals surface area (Å²) in [5.74, 6) is 0. The number of rotatable bonds is 0. The predicted molar refractivity (Wildman–Crippen MR) is 86.7 cm³/mol. The van der Waals surface area contributed by atoms with Crippen LogP contribution in [0.4, 0.5) is 0 Å². The van der Waals surface area contributed by atoms with Crippen LogP contribution >= 0.6 is 10.5 Å². The maximum atomic E-state index is 4.20. The standard InChI is InChI=1S/C17H20S/c1-12-8-6-9-13(2)16(12)17-14(3)10-7-11-15(17)18(4)5/h6-11H,1H2,2-5H3/b17-16+. The van der Waals surface area contributed by atoms with Crippen molar-refractivity contribution in [1.82, 2.24) is 0 Å². The summed E-state index contributed by atoms with van der Waals surface area (Å²) in [6.45, 7) is 8.56. The Morgan fingerprint density at radius 3 is 2.44 bits per heavy atom. The fraction of sp³-hybridized carbons (Fsp3) is 0.235. The van der Waals surface area contributed by atoms with Crippen molar-refractivity contribution in [3.8, 4) is 0 Å². The molecular weight excluding hydrogens is 236 g/mol. The van der Waals surface area contributed by atoms with Crippen LogP contribution in [0.2, 0.25) is 0 Å². The minimum Gasteiger partial charge on any atom is -0.184 e. The van der Waals surface area contributed by atoms with Crippen molar-refractivity contribution < 1.29 is 0 Å². The second-order valence-electron chi connectivity index (χ2n) is 4.87. The molecule has 0 bridgehead atoms. The van der Waals surface area contributed by atoms with E-state index in [9.17, 15) is 0 Å². The Kier molecular flexibility index (Phi) is 3.72. The fourth-order valence-corrected chi connectivity index (χ4v) is 3.41. The lowest BCUT2D eigenvalue weighted by molar-refractivity contribution is 1.35. The molecule has 0 aromatic heterocycles. The van der Waals surface area contributed by atoms with E-state index < -0.39 is 0 Å². The van der Waals surface area contributed by atoms with E-state index in [4.69, 9.17) is 0 Å². The Hall–Kier alpha value is -1.34. The average molecular weight is 256 g/mol. The normalized spacial score (nSPS) is 18.3. The number of hydrogen-bond donors (Lipinski definition) is 0. The molecule has 0 saturated carbocycles. The lowest BCUT2D eigenvalue weighted by atomic mass is 9.94. The molecule has 1 aliphatic rings. The zero-order valence-corrected chi connectivity index (χ0v) is 12.4. The molecule has 0 nitrogen and oxygen atoms in total. The highest BCUT2D eigenvalue weighted by Gasteiger charge is 2.11. The highest BCUT2D eigenvalue weighted by atomic mass is 32.2. The van der Waals surface area contributed by atoms with Gasteiger partial charge in [-0.2, -0.15) is 10.5 Å². The number of aryl methyl sites for hydroxylation is 1. The van der Waals surface area contributed by atoms with Gasteiger partial charge in [-0.3, -0.25) is 0 Å². The van der Waals surface area contributed by atoms with Crippen LogP contribution < -0.4 is 10.4 Å². The molecule has 0 spiro atoms. The van der Waals surface area contributed by atoms with Crippen molar-refractivity contribution in [2.45, 2.75) is 13.8 Å². The summed E-state index contributed by atoms with van der Waals surface area (Å²) < 4.78 is 0.